The van der Waals surface area contributed by atoms with Gasteiger partial charge in [-0.05, 0) is 52.4 Å². The largest absolute Gasteiger partial charge is 0.393 e. The lowest BCUT2D eigenvalue weighted by Crippen LogP contribution is -2.40. The summed E-state index contributed by atoms with van der Waals surface area (Å²) in [5.74, 6) is -1.24. The second-order valence-electron chi connectivity index (χ2n) is 12.2. The van der Waals surface area contributed by atoms with Gasteiger partial charge in [-0.25, -0.2) is 0 Å². The molecule has 0 fully saturated rings. The van der Waals surface area contributed by atoms with E-state index in [-0.39, 0.29) is 40.9 Å². The third-order valence-corrected chi connectivity index (χ3v) is 8.83. The molecular formula is C35H55N3O7. The molecule has 2 bridgehead atoms. The summed E-state index contributed by atoms with van der Waals surface area (Å²) in [6.07, 6.45) is 7.96. The Bertz CT molecular complexity index is 1180. The SMILES string of the molecule is COCCN(CCNC1=C2CC(C)CCC(O)C(C)/C(C)=C(\C)CC(OC)/C=C\C=C(/C)C(=O)NC(=CC1=O)C2=O)CCOC. The lowest BCUT2D eigenvalue weighted by Gasteiger charge is -2.26. The number of amides is 1. The fourth-order valence-corrected chi connectivity index (χ4v) is 5.44. The number of ketones is 2. The first-order valence-corrected chi connectivity index (χ1v) is 15.9. The summed E-state index contributed by atoms with van der Waals surface area (Å²) in [6, 6.07) is 0. The van der Waals surface area contributed by atoms with E-state index >= 15 is 0 Å². The third kappa shape index (κ3) is 12.1. The standard InChI is InChI=1S/C35H55N3O7/c1-23-12-13-31(39)27(5)26(4)25(3)21-28(45-8)11-9-10-24(2)35(42)37-30-22-32(40)33(29(20-23)34(30)41)36-14-15-38(16-18-43-6)17-19-44-7/h9-11,22-23,27-28,31,36,39H,12-21H2,1-8H3,(H,37,42)/b11-9-,24-10+,26-25+. The summed E-state index contributed by atoms with van der Waals surface area (Å²) in [7, 11) is 4.95. The molecule has 0 aromatic heterocycles. The van der Waals surface area contributed by atoms with Crippen LogP contribution in [0.5, 0.6) is 0 Å². The number of carbonyl (C=O) groups is 3. The van der Waals surface area contributed by atoms with Crippen molar-refractivity contribution in [3.63, 3.8) is 0 Å². The lowest BCUT2D eigenvalue weighted by molar-refractivity contribution is -0.120. The van der Waals surface area contributed by atoms with E-state index in [9.17, 15) is 19.5 Å². The Balaban J connectivity index is 2.40. The number of Topliss-reactive ketones (excluding diaryl/α,β-unsaturated/α-hetero) is 1. The number of rotatable bonds is 11. The molecule has 0 saturated carbocycles. The molecule has 1 aliphatic heterocycles. The van der Waals surface area contributed by atoms with E-state index < -0.39 is 12.0 Å². The fraction of sp³-hybridized carbons (Fsp3) is 0.629. The van der Waals surface area contributed by atoms with Crippen LogP contribution in [0.2, 0.25) is 0 Å². The van der Waals surface area contributed by atoms with Crippen LogP contribution in [0.3, 0.4) is 0 Å². The van der Waals surface area contributed by atoms with Crippen molar-refractivity contribution in [2.24, 2.45) is 11.8 Å². The highest BCUT2D eigenvalue weighted by Crippen LogP contribution is 2.29. The van der Waals surface area contributed by atoms with Gasteiger partial charge in [-0.1, -0.05) is 43.2 Å². The van der Waals surface area contributed by atoms with Crippen molar-refractivity contribution in [1.82, 2.24) is 15.5 Å². The molecule has 4 atom stereocenters. The summed E-state index contributed by atoms with van der Waals surface area (Å²) < 4.78 is 16.1. The number of hydrogen-bond donors (Lipinski definition) is 3. The van der Waals surface area contributed by atoms with Crippen LogP contribution < -0.4 is 10.6 Å². The molecule has 252 valence electrons. The topological polar surface area (TPSA) is 126 Å². The van der Waals surface area contributed by atoms with Crippen molar-refractivity contribution < 1.29 is 33.7 Å². The number of nitrogens with one attached hydrogen (secondary N) is 2. The molecule has 3 N–H and O–H groups in total. The molecule has 10 heteroatoms. The predicted octanol–water partition coefficient (Wildman–Crippen LogP) is 3.64. The third-order valence-electron chi connectivity index (χ3n) is 8.83. The number of hydrogen-bond acceptors (Lipinski definition) is 9. The lowest BCUT2D eigenvalue weighted by atomic mass is 9.84. The predicted molar refractivity (Wildman–Crippen MR) is 176 cm³/mol. The maximum absolute atomic E-state index is 13.8. The second-order valence-corrected chi connectivity index (χ2v) is 12.2. The highest BCUT2D eigenvalue weighted by molar-refractivity contribution is 6.23. The van der Waals surface area contributed by atoms with Crippen molar-refractivity contribution in [2.75, 3.05) is 60.7 Å². The zero-order chi connectivity index (χ0) is 33.5. The molecule has 1 aliphatic carbocycles. The minimum Gasteiger partial charge on any atom is -0.393 e. The minimum atomic E-state index is -0.554. The molecule has 0 aromatic carbocycles. The first kappa shape index (κ1) is 38.3. The monoisotopic (exact) mass is 629 g/mol. The van der Waals surface area contributed by atoms with E-state index in [2.05, 4.69) is 29.4 Å². The smallest absolute Gasteiger partial charge is 0.251 e. The van der Waals surface area contributed by atoms with Gasteiger partial charge in [-0.3, -0.25) is 19.3 Å². The second kappa shape index (κ2) is 19.6. The zero-order valence-corrected chi connectivity index (χ0v) is 28.5. The number of fused-ring (bicyclic) bond motifs is 2. The molecule has 2 aliphatic rings. The minimum absolute atomic E-state index is 0.00141. The molecule has 0 aromatic rings. The Morgan fingerprint density at radius 1 is 0.978 bits per heavy atom. The normalized spacial score (nSPS) is 28.1. The zero-order valence-electron chi connectivity index (χ0n) is 28.5. The summed E-state index contributed by atoms with van der Waals surface area (Å²) in [5.41, 5.74) is 3.23. The molecule has 2 rings (SSSR count). The summed E-state index contributed by atoms with van der Waals surface area (Å²) in [6.45, 7) is 13.4. The van der Waals surface area contributed by atoms with Gasteiger partial charge in [0, 0.05) is 70.6 Å². The van der Waals surface area contributed by atoms with Crippen molar-refractivity contribution >= 4 is 17.5 Å². The number of aliphatic hydroxyl groups is 1. The Labute approximate surface area is 269 Å². The molecule has 1 heterocycles. The summed E-state index contributed by atoms with van der Waals surface area (Å²) in [4.78, 5) is 42.4. The van der Waals surface area contributed by atoms with Crippen LogP contribution in [0.25, 0.3) is 0 Å². The molecule has 1 amide bonds. The highest BCUT2D eigenvalue weighted by atomic mass is 16.5. The number of carbonyl (C=O) groups excluding carboxylic acids is 3. The van der Waals surface area contributed by atoms with Crippen molar-refractivity contribution in [1.29, 1.82) is 0 Å². The maximum Gasteiger partial charge on any atom is 0.251 e. The number of ether oxygens (including phenoxy) is 3. The van der Waals surface area contributed by atoms with Gasteiger partial charge < -0.3 is 30.0 Å². The number of methoxy groups -OCH3 is 3. The van der Waals surface area contributed by atoms with Crippen LogP contribution >= 0.6 is 0 Å². The average molecular weight is 630 g/mol. The van der Waals surface area contributed by atoms with E-state index in [0.29, 0.717) is 76.2 Å². The van der Waals surface area contributed by atoms with Crippen molar-refractivity contribution in [2.45, 2.75) is 72.5 Å². The van der Waals surface area contributed by atoms with E-state index in [1.807, 2.05) is 19.9 Å². The van der Waals surface area contributed by atoms with Gasteiger partial charge in [0.1, 0.15) is 0 Å². The Morgan fingerprint density at radius 3 is 2.27 bits per heavy atom. The van der Waals surface area contributed by atoms with E-state index in [4.69, 9.17) is 14.2 Å². The Morgan fingerprint density at radius 2 is 1.64 bits per heavy atom. The van der Waals surface area contributed by atoms with Gasteiger partial charge >= 0.3 is 0 Å². The molecule has 0 spiro atoms. The quantitative estimate of drug-likeness (QED) is 0.232. The highest BCUT2D eigenvalue weighted by Gasteiger charge is 2.31. The van der Waals surface area contributed by atoms with E-state index in [1.54, 1.807) is 40.4 Å². The van der Waals surface area contributed by atoms with Gasteiger partial charge in [-0.15, -0.1) is 0 Å². The molecular weight excluding hydrogens is 574 g/mol. The van der Waals surface area contributed by atoms with Gasteiger partial charge in [0.05, 0.1) is 36.8 Å². The van der Waals surface area contributed by atoms with Gasteiger partial charge in [-0.2, -0.15) is 0 Å². The molecule has 0 radical (unpaired) electrons. The number of allylic oxidation sites excluding steroid dienone is 4. The first-order valence-electron chi connectivity index (χ1n) is 15.9. The van der Waals surface area contributed by atoms with Gasteiger partial charge in [0.2, 0.25) is 11.6 Å². The van der Waals surface area contributed by atoms with Crippen LogP contribution in [-0.4, -0.2) is 100 Å². The van der Waals surface area contributed by atoms with Gasteiger partial charge in [0.15, 0.2) is 0 Å². The average Bonchev–Trinajstić information content (AvgIpc) is 3.02. The number of aliphatic hydroxyl groups excluding tert-OH is 1. The van der Waals surface area contributed by atoms with Crippen LogP contribution in [0.15, 0.2) is 58.0 Å². The van der Waals surface area contributed by atoms with Crippen LogP contribution in [-0.2, 0) is 28.6 Å². The fourth-order valence-electron chi connectivity index (χ4n) is 5.44. The Hall–Kier alpha value is -2.89. The number of nitrogens with zero attached hydrogens (tertiary/aromatic N) is 1. The van der Waals surface area contributed by atoms with Gasteiger partial charge in [0.25, 0.3) is 5.91 Å². The summed E-state index contributed by atoms with van der Waals surface area (Å²) in [5, 5.41) is 17.0. The molecule has 10 nitrogen and oxygen atoms in total. The summed E-state index contributed by atoms with van der Waals surface area (Å²) >= 11 is 0. The van der Waals surface area contributed by atoms with Crippen LogP contribution in [0.1, 0.15) is 60.3 Å². The Kier molecular flexibility index (Phi) is 16.7. The first-order chi connectivity index (χ1) is 21.4. The van der Waals surface area contributed by atoms with E-state index in [1.165, 1.54) is 6.08 Å². The van der Waals surface area contributed by atoms with Crippen molar-refractivity contribution in [3.05, 3.63) is 58.0 Å². The van der Waals surface area contributed by atoms with Crippen LogP contribution in [0.4, 0.5) is 0 Å². The molecule has 0 saturated heterocycles. The van der Waals surface area contributed by atoms with Crippen LogP contribution in [0, 0.1) is 11.8 Å². The molecule has 4 unspecified atom stereocenters. The molecule has 45 heavy (non-hydrogen) atoms. The van der Waals surface area contributed by atoms with Crippen molar-refractivity contribution in [3.8, 4) is 0 Å². The maximum atomic E-state index is 13.8. The van der Waals surface area contributed by atoms with E-state index in [0.717, 1.165) is 11.1 Å².